The van der Waals surface area contributed by atoms with Crippen molar-refractivity contribution in [1.82, 2.24) is 15.5 Å². The molecular weight excluding hydrogens is 324 g/mol. The normalized spacial score (nSPS) is 15.6. The van der Waals surface area contributed by atoms with Crippen LogP contribution in [0.15, 0.2) is 52.1 Å². The Morgan fingerprint density at radius 1 is 1.15 bits per heavy atom. The molecule has 0 saturated heterocycles. The van der Waals surface area contributed by atoms with Crippen molar-refractivity contribution >= 4 is 5.96 Å². The van der Waals surface area contributed by atoms with E-state index in [1.54, 1.807) is 6.26 Å². The Morgan fingerprint density at radius 2 is 1.96 bits per heavy atom. The molecule has 2 aromatic rings. The summed E-state index contributed by atoms with van der Waals surface area (Å²) < 4.78 is 5.37. The number of aliphatic imine (C=N–C) groups is 1. The highest BCUT2D eigenvalue weighted by Gasteiger charge is 2.29. The molecule has 0 amide bonds. The van der Waals surface area contributed by atoms with Crippen molar-refractivity contribution in [3.8, 4) is 0 Å². The minimum atomic E-state index is 0.0361. The van der Waals surface area contributed by atoms with E-state index in [0.29, 0.717) is 6.54 Å². The fraction of sp³-hybridized carbons (Fsp3) is 0.476. The molecule has 5 nitrogen and oxygen atoms in total. The first-order chi connectivity index (χ1) is 12.6. The number of hydrogen-bond acceptors (Lipinski definition) is 3. The van der Waals surface area contributed by atoms with Gasteiger partial charge in [0.25, 0.3) is 0 Å². The van der Waals surface area contributed by atoms with E-state index in [4.69, 9.17) is 4.42 Å². The van der Waals surface area contributed by atoms with Crippen LogP contribution in [0, 0.1) is 0 Å². The minimum Gasteiger partial charge on any atom is -0.467 e. The second-order valence-corrected chi connectivity index (χ2v) is 7.38. The third kappa shape index (κ3) is 4.67. The molecule has 5 heteroatoms. The molecule has 2 heterocycles. The van der Waals surface area contributed by atoms with Crippen molar-refractivity contribution in [2.24, 2.45) is 4.99 Å². The third-order valence-electron chi connectivity index (χ3n) is 4.99. The standard InChI is InChI=1S/C21H30N4O/c1-4-22-20(23-14-19-10-7-13-26-19)24-16-21(2,3)25-12-11-17-8-5-6-9-18(17)15-25/h5-10,13H,4,11-12,14-16H2,1-3H3,(H2,22,23,24). The maximum Gasteiger partial charge on any atom is 0.191 e. The summed E-state index contributed by atoms with van der Waals surface area (Å²) in [5, 5.41) is 6.82. The third-order valence-corrected chi connectivity index (χ3v) is 4.99. The Kier molecular flexibility index (Phi) is 5.99. The first-order valence-electron chi connectivity index (χ1n) is 9.45. The van der Waals surface area contributed by atoms with E-state index in [2.05, 4.69) is 65.6 Å². The summed E-state index contributed by atoms with van der Waals surface area (Å²) in [7, 11) is 0. The molecule has 1 aliphatic heterocycles. The van der Waals surface area contributed by atoms with Crippen molar-refractivity contribution in [3.05, 3.63) is 59.5 Å². The molecule has 1 aromatic carbocycles. The van der Waals surface area contributed by atoms with E-state index in [1.165, 1.54) is 11.1 Å². The van der Waals surface area contributed by atoms with E-state index >= 15 is 0 Å². The van der Waals surface area contributed by atoms with Crippen LogP contribution < -0.4 is 10.6 Å². The maximum atomic E-state index is 5.37. The minimum absolute atomic E-state index is 0.0361. The van der Waals surface area contributed by atoms with Crippen LogP contribution in [0.4, 0.5) is 0 Å². The summed E-state index contributed by atoms with van der Waals surface area (Å²) in [6.07, 6.45) is 2.80. The van der Waals surface area contributed by atoms with Crippen molar-refractivity contribution in [2.75, 3.05) is 19.6 Å². The first kappa shape index (κ1) is 18.5. The zero-order valence-electron chi connectivity index (χ0n) is 16.1. The lowest BCUT2D eigenvalue weighted by Crippen LogP contribution is -2.54. The molecule has 1 aromatic heterocycles. The van der Waals surface area contributed by atoms with E-state index < -0.39 is 0 Å². The van der Waals surface area contributed by atoms with Gasteiger partial charge in [0.1, 0.15) is 12.3 Å². The van der Waals surface area contributed by atoms with Crippen LogP contribution in [-0.2, 0) is 19.5 Å². The van der Waals surface area contributed by atoms with Gasteiger partial charge in [-0.15, -0.1) is 0 Å². The summed E-state index contributed by atoms with van der Waals surface area (Å²) in [6.45, 7) is 11.0. The van der Waals surface area contributed by atoms with Crippen molar-refractivity contribution in [2.45, 2.75) is 45.8 Å². The molecule has 0 saturated carbocycles. The van der Waals surface area contributed by atoms with Crippen molar-refractivity contribution < 1.29 is 4.42 Å². The van der Waals surface area contributed by atoms with Crippen LogP contribution in [-0.4, -0.2) is 36.0 Å². The molecule has 1 aliphatic rings. The lowest BCUT2D eigenvalue weighted by atomic mass is 9.94. The lowest BCUT2D eigenvalue weighted by molar-refractivity contribution is 0.107. The molecule has 0 unspecified atom stereocenters. The van der Waals surface area contributed by atoms with Gasteiger partial charge in [0, 0.05) is 31.7 Å². The summed E-state index contributed by atoms with van der Waals surface area (Å²) in [5.41, 5.74) is 2.97. The van der Waals surface area contributed by atoms with Gasteiger partial charge in [-0.3, -0.25) is 4.90 Å². The fourth-order valence-electron chi connectivity index (χ4n) is 3.33. The molecule has 0 bridgehead atoms. The van der Waals surface area contributed by atoms with Crippen LogP contribution in [0.25, 0.3) is 0 Å². The summed E-state index contributed by atoms with van der Waals surface area (Å²) in [6, 6.07) is 12.6. The summed E-state index contributed by atoms with van der Waals surface area (Å²) in [5.74, 6) is 1.70. The molecule has 0 fully saturated rings. The average Bonchev–Trinajstić information content (AvgIpc) is 3.17. The average molecular weight is 354 g/mol. The zero-order valence-corrected chi connectivity index (χ0v) is 16.1. The van der Waals surface area contributed by atoms with Gasteiger partial charge in [-0.2, -0.15) is 0 Å². The van der Waals surface area contributed by atoms with Crippen LogP contribution in [0.2, 0.25) is 0 Å². The molecule has 0 aliphatic carbocycles. The van der Waals surface area contributed by atoms with Gasteiger partial charge >= 0.3 is 0 Å². The second-order valence-electron chi connectivity index (χ2n) is 7.38. The second kappa shape index (κ2) is 8.41. The Labute approximate surface area is 156 Å². The summed E-state index contributed by atoms with van der Waals surface area (Å²) in [4.78, 5) is 7.18. The Hall–Kier alpha value is -2.27. The quantitative estimate of drug-likeness (QED) is 0.618. The number of furan rings is 1. The van der Waals surface area contributed by atoms with E-state index in [0.717, 1.165) is 44.3 Å². The molecule has 140 valence electrons. The summed E-state index contributed by atoms with van der Waals surface area (Å²) >= 11 is 0. The maximum absolute atomic E-state index is 5.37. The van der Waals surface area contributed by atoms with Crippen molar-refractivity contribution in [1.29, 1.82) is 0 Å². The molecule has 26 heavy (non-hydrogen) atoms. The zero-order chi connectivity index (χ0) is 18.4. The van der Waals surface area contributed by atoms with Gasteiger partial charge in [-0.1, -0.05) is 24.3 Å². The predicted octanol–water partition coefficient (Wildman–Crippen LogP) is 3.17. The highest BCUT2D eigenvalue weighted by molar-refractivity contribution is 5.79. The number of benzene rings is 1. The van der Waals surface area contributed by atoms with E-state index in [9.17, 15) is 0 Å². The Balaban J connectivity index is 1.60. The van der Waals surface area contributed by atoms with Crippen molar-refractivity contribution in [3.63, 3.8) is 0 Å². The number of hydrogen-bond donors (Lipinski definition) is 2. The van der Waals surface area contributed by atoms with Gasteiger partial charge in [0.05, 0.1) is 6.26 Å². The predicted molar refractivity (Wildman–Crippen MR) is 106 cm³/mol. The molecule has 0 radical (unpaired) electrons. The molecule has 3 rings (SSSR count). The Bertz CT molecular complexity index is 721. The first-order valence-corrected chi connectivity index (χ1v) is 9.45. The number of guanidine groups is 1. The van der Waals surface area contributed by atoms with Crippen LogP contribution in [0.5, 0.6) is 0 Å². The van der Waals surface area contributed by atoms with Crippen LogP contribution >= 0.6 is 0 Å². The number of fused-ring (bicyclic) bond motifs is 1. The van der Waals surface area contributed by atoms with Gasteiger partial charge in [-0.25, -0.2) is 4.99 Å². The number of nitrogens with one attached hydrogen (secondary N) is 2. The fourth-order valence-corrected chi connectivity index (χ4v) is 3.33. The smallest absolute Gasteiger partial charge is 0.191 e. The largest absolute Gasteiger partial charge is 0.467 e. The molecule has 0 spiro atoms. The van der Waals surface area contributed by atoms with E-state index in [-0.39, 0.29) is 5.54 Å². The van der Waals surface area contributed by atoms with E-state index in [1.807, 2.05) is 12.1 Å². The molecule has 2 N–H and O–H groups in total. The monoisotopic (exact) mass is 354 g/mol. The highest BCUT2D eigenvalue weighted by Crippen LogP contribution is 2.24. The number of nitrogens with zero attached hydrogens (tertiary/aromatic N) is 2. The topological polar surface area (TPSA) is 52.8 Å². The van der Waals surface area contributed by atoms with Gasteiger partial charge in [0.2, 0.25) is 0 Å². The van der Waals surface area contributed by atoms with Gasteiger partial charge in [0.15, 0.2) is 5.96 Å². The van der Waals surface area contributed by atoms with Crippen LogP contribution in [0.3, 0.4) is 0 Å². The number of rotatable bonds is 6. The molecular formula is C21H30N4O. The highest BCUT2D eigenvalue weighted by atomic mass is 16.3. The molecule has 0 atom stereocenters. The SMILES string of the molecule is CCNC(=NCc1ccco1)NCC(C)(C)N1CCc2ccccc2C1. The van der Waals surface area contributed by atoms with Gasteiger partial charge < -0.3 is 15.1 Å². The van der Waals surface area contributed by atoms with Gasteiger partial charge in [-0.05, 0) is 50.5 Å². The lowest BCUT2D eigenvalue weighted by Gasteiger charge is -2.42. The Morgan fingerprint density at radius 3 is 2.69 bits per heavy atom. The van der Waals surface area contributed by atoms with Crippen LogP contribution in [0.1, 0.15) is 37.7 Å².